The average Bonchev–Trinajstić information content (AvgIpc) is 2.37. The second-order valence-electron chi connectivity index (χ2n) is 6.68. The Morgan fingerprint density at radius 2 is 1.72 bits per heavy atom. The molecule has 2 fully saturated rings. The summed E-state index contributed by atoms with van der Waals surface area (Å²) in [6.07, 6.45) is 11.4. The van der Waals surface area contributed by atoms with Crippen LogP contribution in [0.3, 0.4) is 0 Å². The Morgan fingerprint density at radius 1 is 0.944 bits per heavy atom. The van der Waals surface area contributed by atoms with Crippen molar-refractivity contribution >= 4 is 0 Å². The predicted molar refractivity (Wildman–Crippen MR) is 76.8 cm³/mol. The molecular weight excluding hydrogens is 222 g/mol. The van der Waals surface area contributed by atoms with E-state index in [0.29, 0.717) is 6.10 Å². The minimum atomic E-state index is 0.543. The first kappa shape index (κ1) is 14.3. The van der Waals surface area contributed by atoms with Crippen LogP contribution in [-0.4, -0.2) is 25.3 Å². The van der Waals surface area contributed by atoms with E-state index in [4.69, 9.17) is 4.74 Å². The van der Waals surface area contributed by atoms with Gasteiger partial charge < -0.3 is 10.1 Å². The van der Waals surface area contributed by atoms with Crippen LogP contribution in [0, 0.1) is 11.8 Å². The second kappa shape index (κ2) is 7.49. The Labute approximate surface area is 113 Å². The van der Waals surface area contributed by atoms with Crippen LogP contribution < -0.4 is 5.32 Å². The fraction of sp³-hybridized carbons (Fsp3) is 1.00. The Balaban J connectivity index is 1.50. The van der Waals surface area contributed by atoms with Crippen LogP contribution in [0.2, 0.25) is 0 Å². The third-order valence-corrected chi connectivity index (χ3v) is 4.79. The number of rotatable bonds is 5. The Hall–Kier alpha value is -0.0800. The number of hydrogen-bond donors (Lipinski definition) is 1. The van der Waals surface area contributed by atoms with Gasteiger partial charge in [0.25, 0.3) is 0 Å². The van der Waals surface area contributed by atoms with Crippen LogP contribution in [0.4, 0.5) is 0 Å². The summed E-state index contributed by atoms with van der Waals surface area (Å²) in [5.74, 6) is 1.82. The molecule has 0 spiro atoms. The molecule has 0 aliphatic heterocycles. The lowest BCUT2D eigenvalue weighted by Gasteiger charge is -2.29. The Kier molecular flexibility index (Phi) is 5.97. The highest BCUT2D eigenvalue weighted by Gasteiger charge is 2.20. The van der Waals surface area contributed by atoms with E-state index in [0.717, 1.165) is 31.0 Å². The lowest BCUT2D eigenvalue weighted by Crippen LogP contribution is -2.35. The van der Waals surface area contributed by atoms with E-state index in [1.807, 2.05) is 0 Å². The van der Waals surface area contributed by atoms with Gasteiger partial charge in [0, 0.05) is 12.6 Å². The molecule has 2 rings (SSSR count). The molecule has 0 heterocycles. The smallest absolute Gasteiger partial charge is 0.0594 e. The SMILES string of the molecule is CC1CCC(NCCOC2CCCC(C)C2)CC1. The molecule has 0 aromatic carbocycles. The van der Waals surface area contributed by atoms with Crippen molar-refractivity contribution in [2.75, 3.05) is 13.2 Å². The van der Waals surface area contributed by atoms with Crippen LogP contribution >= 0.6 is 0 Å². The van der Waals surface area contributed by atoms with Crippen LogP contribution in [0.1, 0.15) is 65.2 Å². The molecule has 2 unspecified atom stereocenters. The van der Waals surface area contributed by atoms with Crippen molar-refractivity contribution in [2.24, 2.45) is 11.8 Å². The normalized spacial score (nSPS) is 37.7. The van der Waals surface area contributed by atoms with E-state index in [2.05, 4.69) is 19.2 Å². The second-order valence-corrected chi connectivity index (χ2v) is 6.68. The zero-order valence-electron chi connectivity index (χ0n) is 12.3. The third kappa shape index (κ3) is 4.89. The van der Waals surface area contributed by atoms with Crippen molar-refractivity contribution in [1.82, 2.24) is 5.32 Å². The van der Waals surface area contributed by atoms with E-state index in [1.54, 1.807) is 0 Å². The molecular formula is C16H31NO. The standard InChI is InChI=1S/C16H31NO/c1-13-6-8-15(9-7-13)17-10-11-18-16-5-3-4-14(2)12-16/h13-17H,3-12H2,1-2H3. The van der Waals surface area contributed by atoms with Crippen molar-refractivity contribution in [1.29, 1.82) is 0 Å². The van der Waals surface area contributed by atoms with E-state index >= 15 is 0 Å². The summed E-state index contributed by atoms with van der Waals surface area (Å²) in [7, 11) is 0. The van der Waals surface area contributed by atoms with Gasteiger partial charge in [-0.15, -0.1) is 0 Å². The fourth-order valence-electron chi connectivity index (χ4n) is 3.48. The molecule has 1 N–H and O–H groups in total. The summed E-state index contributed by atoms with van der Waals surface area (Å²) in [4.78, 5) is 0. The molecule has 2 nitrogen and oxygen atoms in total. The van der Waals surface area contributed by atoms with Gasteiger partial charge in [-0.3, -0.25) is 0 Å². The van der Waals surface area contributed by atoms with E-state index in [1.165, 1.54) is 51.4 Å². The van der Waals surface area contributed by atoms with Gasteiger partial charge in [0.2, 0.25) is 0 Å². The Bertz CT molecular complexity index is 223. The summed E-state index contributed by atoms with van der Waals surface area (Å²) in [5.41, 5.74) is 0. The van der Waals surface area contributed by atoms with Gasteiger partial charge in [0.1, 0.15) is 0 Å². The zero-order chi connectivity index (χ0) is 12.8. The molecule has 2 atom stereocenters. The zero-order valence-corrected chi connectivity index (χ0v) is 12.3. The average molecular weight is 253 g/mol. The number of hydrogen-bond acceptors (Lipinski definition) is 2. The van der Waals surface area contributed by atoms with Crippen LogP contribution in [0.5, 0.6) is 0 Å². The van der Waals surface area contributed by atoms with Gasteiger partial charge in [-0.05, 0) is 50.4 Å². The minimum Gasteiger partial charge on any atom is -0.377 e. The molecule has 18 heavy (non-hydrogen) atoms. The summed E-state index contributed by atoms with van der Waals surface area (Å²) in [5, 5.41) is 3.67. The van der Waals surface area contributed by atoms with Gasteiger partial charge in [-0.25, -0.2) is 0 Å². The van der Waals surface area contributed by atoms with Gasteiger partial charge in [-0.2, -0.15) is 0 Å². The van der Waals surface area contributed by atoms with E-state index < -0.39 is 0 Å². The largest absolute Gasteiger partial charge is 0.377 e. The first-order chi connectivity index (χ1) is 8.74. The van der Waals surface area contributed by atoms with Gasteiger partial charge in [-0.1, -0.05) is 26.7 Å². The Morgan fingerprint density at radius 3 is 2.44 bits per heavy atom. The maximum Gasteiger partial charge on any atom is 0.0594 e. The minimum absolute atomic E-state index is 0.543. The van der Waals surface area contributed by atoms with Crippen LogP contribution in [0.25, 0.3) is 0 Å². The molecule has 0 bridgehead atoms. The molecule has 0 amide bonds. The van der Waals surface area contributed by atoms with Crippen molar-refractivity contribution in [3.8, 4) is 0 Å². The first-order valence-corrected chi connectivity index (χ1v) is 8.09. The third-order valence-electron chi connectivity index (χ3n) is 4.79. The number of nitrogens with one attached hydrogen (secondary N) is 1. The summed E-state index contributed by atoms with van der Waals surface area (Å²) in [6, 6.07) is 0.759. The molecule has 0 aromatic rings. The molecule has 0 aromatic heterocycles. The van der Waals surface area contributed by atoms with Crippen LogP contribution in [-0.2, 0) is 4.74 Å². The maximum atomic E-state index is 6.00. The fourth-order valence-corrected chi connectivity index (χ4v) is 3.48. The lowest BCUT2D eigenvalue weighted by molar-refractivity contribution is 0.0161. The van der Waals surface area contributed by atoms with Crippen molar-refractivity contribution in [3.63, 3.8) is 0 Å². The van der Waals surface area contributed by atoms with Gasteiger partial charge >= 0.3 is 0 Å². The highest BCUT2D eigenvalue weighted by atomic mass is 16.5. The summed E-state index contributed by atoms with van der Waals surface area (Å²) >= 11 is 0. The predicted octanol–water partition coefficient (Wildman–Crippen LogP) is 3.75. The van der Waals surface area contributed by atoms with Crippen molar-refractivity contribution < 1.29 is 4.74 Å². The quantitative estimate of drug-likeness (QED) is 0.753. The summed E-state index contributed by atoms with van der Waals surface area (Å²) < 4.78 is 6.00. The highest BCUT2D eigenvalue weighted by molar-refractivity contribution is 4.75. The first-order valence-electron chi connectivity index (χ1n) is 8.09. The topological polar surface area (TPSA) is 21.3 Å². The van der Waals surface area contributed by atoms with Gasteiger partial charge in [0.05, 0.1) is 12.7 Å². The van der Waals surface area contributed by atoms with E-state index in [9.17, 15) is 0 Å². The molecule has 0 radical (unpaired) electrons. The molecule has 0 saturated heterocycles. The van der Waals surface area contributed by atoms with E-state index in [-0.39, 0.29) is 0 Å². The maximum absolute atomic E-state index is 6.00. The van der Waals surface area contributed by atoms with Gasteiger partial charge in [0.15, 0.2) is 0 Å². The molecule has 2 heteroatoms. The van der Waals surface area contributed by atoms with Crippen molar-refractivity contribution in [3.05, 3.63) is 0 Å². The molecule has 2 aliphatic rings. The molecule has 2 aliphatic carbocycles. The number of ether oxygens (including phenoxy) is 1. The van der Waals surface area contributed by atoms with Crippen molar-refractivity contribution in [2.45, 2.75) is 77.4 Å². The lowest BCUT2D eigenvalue weighted by atomic mass is 9.87. The molecule has 2 saturated carbocycles. The van der Waals surface area contributed by atoms with Crippen LogP contribution in [0.15, 0.2) is 0 Å². The monoisotopic (exact) mass is 253 g/mol. The summed E-state index contributed by atoms with van der Waals surface area (Å²) in [6.45, 7) is 6.69. The molecule has 106 valence electrons. The highest BCUT2D eigenvalue weighted by Crippen LogP contribution is 2.26.